The SMILES string of the molecule is CC(C)(C)Cc1ncc2oc3ccccc3c2n1. The smallest absolute Gasteiger partial charge is 0.172 e. The summed E-state index contributed by atoms with van der Waals surface area (Å²) in [5, 5.41) is 1.06. The van der Waals surface area contributed by atoms with Crippen LogP contribution in [0.15, 0.2) is 34.9 Å². The number of para-hydroxylation sites is 1. The van der Waals surface area contributed by atoms with Crippen LogP contribution >= 0.6 is 0 Å². The summed E-state index contributed by atoms with van der Waals surface area (Å²) in [4.78, 5) is 9.03. The standard InChI is InChI=1S/C15H16N2O/c1-15(2,3)8-13-16-9-12-14(17-13)10-6-4-5-7-11(10)18-12/h4-7,9H,8H2,1-3H3. The third-order valence-electron chi connectivity index (χ3n) is 2.86. The quantitative estimate of drug-likeness (QED) is 0.646. The van der Waals surface area contributed by atoms with Crippen LogP contribution in [0.4, 0.5) is 0 Å². The zero-order valence-corrected chi connectivity index (χ0v) is 10.9. The Kier molecular flexibility index (Phi) is 2.37. The zero-order valence-electron chi connectivity index (χ0n) is 10.9. The molecule has 0 radical (unpaired) electrons. The second-order valence-electron chi connectivity index (χ2n) is 5.83. The first-order valence-corrected chi connectivity index (χ1v) is 6.16. The van der Waals surface area contributed by atoms with Crippen molar-refractivity contribution in [3.8, 4) is 0 Å². The highest BCUT2D eigenvalue weighted by atomic mass is 16.3. The van der Waals surface area contributed by atoms with Crippen LogP contribution in [0, 0.1) is 5.41 Å². The van der Waals surface area contributed by atoms with Crippen molar-refractivity contribution in [3.05, 3.63) is 36.3 Å². The molecule has 1 aromatic carbocycles. The second kappa shape index (κ2) is 3.80. The number of nitrogens with zero attached hydrogens (tertiary/aromatic N) is 2. The van der Waals surface area contributed by atoms with Gasteiger partial charge in [0.2, 0.25) is 0 Å². The Balaban J connectivity index is 2.18. The van der Waals surface area contributed by atoms with Crippen molar-refractivity contribution >= 4 is 22.1 Å². The van der Waals surface area contributed by atoms with Gasteiger partial charge < -0.3 is 4.42 Å². The third-order valence-corrected chi connectivity index (χ3v) is 2.86. The average molecular weight is 240 g/mol. The maximum Gasteiger partial charge on any atom is 0.172 e. The van der Waals surface area contributed by atoms with Crippen molar-refractivity contribution in [2.45, 2.75) is 27.2 Å². The normalized spacial score (nSPS) is 12.4. The fourth-order valence-electron chi connectivity index (χ4n) is 2.10. The average Bonchev–Trinajstić information content (AvgIpc) is 2.65. The van der Waals surface area contributed by atoms with Crippen molar-refractivity contribution in [2.75, 3.05) is 0 Å². The van der Waals surface area contributed by atoms with Crippen LogP contribution in [-0.4, -0.2) is 9.97 Å². The van der Waals surface area contributed by atoms with Crippen molar-refractivity contribution in [1.82, 2.24) is 9.97 Å². The molecule has 3 heteroatoms. The predicted molar refractivity (Wildman–Crippen MR) is 72.5 cm³/mol. The maximum absolute atomic E-state index is 5.71. The number of hydrogen-bond donors (Lipinski definition) is 0. The molecule has 0 aliphatic heterocycles. The summed E-state index contributed by atoms with van der Waals surface area (Å²) in [5.41, 5.74) is 2.73. The minimum Gasteiger partial charge on any atom is -0.453 e. The van der Waals surface area contributed by atoms with E-state index in [-0.39, 0.29) is 5.41 Å². The van der Waals surface area contributed by atoms with Crippen LogP contribution in [0.2, 0.25) is 0 Å². The molecule has 0 atom stereocenters. The molecule has 18 heavy (non-hydrogen) atoms. The van der Waals surface area contributed by atoms with Crippen LogP contribution in [0.1, 0.15) is 26.6 Å². The van der Waals surface area contributed by atoms with Gasteiger partial charge in [0.1, 0.15) is 16.9 Å². The highest BCUT2D eigenvalue weighted by molar-refractivity contribution is 6.01. The van der Waals surface area contributed by atoms with Crippen molar-refractivity contribution < 1.29 is 4.42 Å². The molecule has 0 N–H and O–H groups in total. The van der Waals surface area contributed by atoms with Crippen LogP contribution in [0.5, 0.6) is 0 Å². The Labute approximate surface area is 106 Å². The molecular formula is C15H16N2O. The molecule has 0 aliphatic carbocycles. The summed E-state index contributed by atoms with van der Waals surface area (Å²) in [6.07, 6.45) is 2.64. The summed E-state index contributed by atoms with van der Waals surface area (Å²) in [7, 11) is 0. The van der Waals surface area contributed by atoms with Gasteiger partial charge >= 0.3 is 0 Å². The molecule has 3 nitrogen and oxygen atoms in total. The lowest BCUT2D eigenvalue weighted by Gasteiger charge is -2.16. The lowest BCUT2D eigenvalue weighted by Crippen LogP contribution is -2.11. The summed E-state index contributed by atoms with van der Waals surface area (Å²) >= 11 is 0. The van der Waals surface area contributed by atoms with E-state index < -0.39 is 0 Å². The maximum atomic E-state index is 5.71. The van der Waals surface area contributed by atoms with Gasteiger partial charge in [0.15, 0.2) is 5.58 Å². The predicted octanol–water partition coefficient (Wildman–Crippen LogP) is 3.96. The molecule has 92 valence electrons. The van der Waals surface area contributed by atoms with E-state index in [9.17, 15) is 0 Å². The zero-order chi connectivity index (χ0) is 12.8. The number of hydrogen-bond acceptors (Lipinski definition) is 3. The summed E-state index contributed by atoms with van der Waals surface area (Å²) in [5.74, 6) is 0.876. The largest absolute Gasteiger partial charge is 0.453 e. The Morgan fingerprint density at radius 3 is 2.67 bits per heavy atom. The van der Waals surface area contributed by atoms with Gasteiger partial charge in [0, 0.05) is 11.8 Å². The molecular weight excluding hydrogens is 224 g/mol. The van der Waals surface area contributed by atoms with Gasteiger partial charge in [-0.3, -0.25) is 0 Å². The number of fused-ring (bicyclic) bond motifs is 3. The van der Waals surface area contributed by atoms with E-state index in [0.717, 1.165) is 34.3 Å². The third kappa shape index (κ3) is 1.96. The van der Waals surface area contributed by atoms with E-state index >= 15 is 0 Å². The van der Waals surface area contributed by atoms with E-state index in [2.05, 4.69) is 30.7 Å². The van der Waals surface area contributed by atoms with Gasteiger partial charge in [-0.1, -0.05) is 32.9 Å². The molecule has 2 heterocycles. The number of rotatable bonds is 1. The molecule has 0 aliphatic rings. The fraction of sp³-hybridized carbons (Fsp3) is 0.333. The lowest BCUT2D eigenvalue weighted by atomic mass is 9.92. The second-order valence-corrected chi connectivity index (χ2v) is 5.83. The minimum atomic E-state index is 0.188. The van der Waals surface area contributed by atoms with Crippen molar-refractivity contribution in [2.24, 2.45) is 5.41 Å². The molecule has 0 fully saturated rings. The Hall–Kier alpha value is -1.90. The van der Waals surface area contributed by atoms with Gasteiger partial charge in [0.25, 0.3) is 0 Å². The van der Waals surface area contributed by atoms with Gasteiger partial charge in [-0.05, 0) is 17.5 Å². The fourth-order valence-corrected chi connectivity index (χ4v) is 2.10. The monoisotopic (exact) mass is 240 g/mol. The molecule has 0 spiro atoms. The molecule has 0 unspecified atom stereocenters. The van der Waals surface area contributed by atoms with Gasteiger partial charge in [-0.2, -0.15) is 0 Å². The minimum absolute atomic E-state index is 0.188. The van der Waals surface area contributed by atoms with Crippen LogP contribution in [-0.2, 0) is 6.42 Å². The summed E-state index contributed by atoms with van der Waals surface area (Å²) in [6.45, 7) is 6.57. The lowest BCUT2D eigenvalue weighted by molar-refractivity contribution is 0.401. The molecule has 3 rings (SSSR count). The Morgan fingerprint density at radius 1 is 1.11 bits per heavy atom. The molecule has 0 saturated heterocycles. The highest BCUT2D eigenvalue weighted by Crippen LogP contribution is 2.27. The molecule has 3 aromatic rings. The first-order valence-electron chi connectivity index (χ1n) is 6.16. The van der Waals surface area contributed by atoms with Crippen LogP contribution in [0.25, 0.3) is 22.1 Å². The van der Waals surface area contributed by atoms with E-state index in [0.29, 0.717) is 0 Å². The molecule has 2 aromatic heterocycles. The van der Waals surface area contributed by atoms with Crippen molar-refractivity contribution in [3.63, 3.8) is 0 Å². The van der Waals surface area contributed by atoms with E-state index in [1.165, 1.54) is 0 Å². The number of furan rings is 1. The number of aromatic nitrogens is 2. The Morgan fingerprint density at radius 2 is 1.89 bits per heavy atom. The van der Waals surface area contributed by atoms with Crippen molar-refractivity contribution in [1.29, 1.82) is 0 Å². The van der Waals surface area contributed by atoms with E-state index in [4.69, 9.17) is 4.42 Å². The van der Waals surface area contributed by atoms with Gasteiger partial charge in [-0.25, -0.2) is 9.97 Å². The summed E-state index contributed by atoms with van der Waals surface area (Å²) in [6, 6.07) is 7.96. The Bertz CT molecular complexity index is 707. The van der Waals surface area contributed by atoms with E-state index in [1.54, 1.807) is 6.20 Å². The molecule has 0 bridgehead atoms. The van der Waals surface area contributed by atoms with Crippen LogP contribution in [0.3, 0.4) is 0 Å². The first-order chi connectivity index (χ1) is 8.53. The van der Waals surface area contributed by atoms with E-state index in [1.807, 2.05) is 24.3 Å². The molecule has 0 amide bonds. The molecule has 0 saturated carbocycles. The summed E-state index contributed by atoms with van der Waals surface area (Å²) < 4.78 is 5.71. The van der Waals surface area contributed by atoms with Gasteiger partial charge in [-0.15, -0.1) is 0 Å². The van der Waals surface area contributed by atoms with Crippen LogP contribution < -0.4 is 0 Å². The van der Waals surface area contributed by atoms with Gasteiger partial charge in [0.05, 0.1) is 6.20 Å². The highest BCUT2D eigenvalue weighted by Gasteiger charge is 2.15. The topological polar surface area (TPSA) is 38.9 Å². The first kappa shape index (κ1) is 11.2. The number of benzene rings is 1.